The van der Waals surface area contributed by atoms with Crippen molar-refractivity contribution < 1.29 is 0 Å². The summed E-state index contributed by atoms with van der Waals surface area (Å²) in [5.74, 6) is 0. The second-order valence-electron chi connectivity index (χ2n) is 2.37. The van der Waals surface area contributed by atoms with Crippen LogP contribution in [0.4, 0.5) is 0 Å². The number of fused-ring (bicyclic) bond motifs is 1. The Morgan fingerprint density at radius 3 is 2.86 bits per heavy atom. The van der Waals surface area contributed by atoms with Crippen LogP contribution in [0.2, 0.25) is 0 Å². The van der Waals surface area contributed by atoms with Gasteiger partial charge in [0.2, 0.25) is 0 Å². The number of hydrogen-bond acceptors (Lipinski definition) is 5. The third-order valence-electron chi connectivity index (χ3n) is 1.46. The largest absolute Gasteiger partial charge is 0.275 e. The van der Waals surface area contributed by atoms with Gasteiger partial charge in [-0.15, -0.1) is 11.3 Å². The van der Waals surface area contributed by atoms with E-state index in [2.05, 4.69) is 25.1 Å². The molecule has 0 aliphatic heterocycles. The minimum Gasteiger partial charge on any atom is -0.275 e. The molecule has 0 bridgehead atoms. The Morgan fingerprint density at radius 2 is 2.21 bits per heavy atom. The van der Waals surface area contributed by atoms with Gasteiger partial charge in [0.25, 0.3) is 0 Å². The molecule has 0 aromatic carbocycles. The fraction of sp³-hybridized carbons (Fsp3) is 0. The first-order valence-electron chi connectivity index (χ1n) is 3.88. The Labute approximate surface area is 83.9 Å². The molecule has 3 rings (SSSR count). The standard InChI is InChI=1S/C5H4N4.C3H3NS/c1-5-4(2-8-9-5)7-3-6-1;1-2-5-3-4-1/h1-3H,(H,8,9);1-3H. The SMILES string of the molecule is c1cscn1.c1ncc2[nH]ncc2n1. The lowest BCUT2D eigenvalue weighted by molar-refractivity contribution is 1.11. The molecule has 3 aromatic rings. The zero-order valence-electron chi connectivity index (χ0n) is 7.16. The maximum absolute atomic E-state index is 3.94. The van der Waals surface area contributed by atoms with Crippen LogP contribution in [-0.2, 0) is 0 Å². The Bertz CT molecular complexity index is 428. The van der Waals surface area contributed by atoms with Gasteiger partial charge in [0.15, 0.2) is 0 Å². The number of nitrogens with one attached hydrogen (secondary N) is 1. The minimum atomic E-state index is 0.852. The van der Waals surface area contributed by atoms with Crippen LogP contribution in [0.25, 0.3) is 11.0 Å². The van der Waals surface area contributed by atoms with Gasteiger partial charge in [0.1, 0.15) is 17.4 Å². The van der Waals surface area contributed by atoms with Crippen molar-refractivity contribution in [3.63, 3.8) is 0 Å². The highest BCUT2D eigenvalue weighted by molar-refractivity contribution is 7.07. The third-order valence-corrected chi connectivity index (χ3v) is 1.98. The van der Waals surface area contributed by atoms with Gasteiger partial charge in [0.05, 0.1) is 17.9 Å². The van der Waals surface area contributed by atoms with E-state index in [1.165, 1.54) is 6.33 Å². The lowest BCUT2D eigenvalue weighted by atomic mass is 10.5. The first-order chi connectivity index (χ1) is 6.97. The highest BCUT2D eigenvalue weighted by Crippen LogP contribution is 2.00. The normalized spacial score (nSPS) is 9.43. The quantitative estimate of drug-likeness (QED) is 0.603. The predicted molar refractivity (Wildman–Crippen MR) is 53.8 cm³/mol. The van der Waals surface area contributed by atoms with Crippen LogP contribution in [0, 0.1) is 0 Å². The lowest BCUT2D eigenvalue weighted by Crippen LogP contribution is -1.74. The number of H-pyrrole nitrogens is 1. The van der Waals surface area contributed by atoms with E-state index in [-0.39, 0.29) is 0 Å². The lowest BCUT2D eigenvalue weighted by Gasteiger charge is -1.80. The van der Waals surface area contributed by atoms with E-state index in [0.29, 0.717) is 0 Å². The topological polar surface area (TPSA) is 67.3 Å². The molecule has 0 saturated carbocycles. The zero-order chi connectivity index (χ0) is 9.64. The molecular weight excluding hydrogens is 198 g/mol. The van der Waals surface area contributed by atoms with Crippen LogP contribution < -0.4 is 0 Å². The Hall–Kier alpha value is -1.82. The van der Waals surface area contributed by atoms with Crippen molar-refractivity contribution in [2.24, 2.45) is 0 Å². The molecule has 0 fully saturated rings. The van der Waals surface area contributed by atoms with Crippen molar-refractivity contribution in [2.45, 2.75) is 0 Å². The van der Waals surface area contributed by atoms with Gasteiger partial charge in [0, 0.05) is 11.6 Å². The van der Waals surface area contributed by atoms with E-state index in [9.17, 15) is 0 Å². The van der Waals surface area contributed by atoms with Crippen LogP contribution in [0.3, 0.4) is 0 Å². The van der Waals surface area contributed by atoms with Crippen LogP contribution in [-0.4, -0.2) is 25.1 Å². The van der Waals surface area contributed by atoms with Gasteiger partial charge in [-0.2, -0.15) is 5.10 Å². The molecule has 0 radical (unpaired) electrons. The summed E-state index contributed by atoms with van der Waals surface area (Å²) >= 11 is 1.60. The molecule has 3 aromatic heterocycles. The van der Waals surface area contributed by atoms with Crippen LogP contribution in [0.1, 0.15) is 0 Å². The van der Waals surface area contributed by atoms with Crippen LogP contribution in [0.15, 0.2) is 35.8 Å². The molecular formula is C8H7N5S. The van der Waals surface area contributed by atoms with E-state index >= 15 is 0 Å². The number of aromatic nitrogens is 5. The fourth-order valence-corrected chi connectivity index (χ4v) is 1.22. The Kier molecular flexibility index (Phi) is 2.77. The molecule has 0 atom stereocenters. The Morgan fingerprint density at radius 1 is 1.21 bits per heavy atom. The number of hydrogen-bond donors (Lipinski definition) is 1. The van der Waals surface area contributed by atoms with Crippen molar-refractivity contribution in [2.75, 3.05) is 0 Å². The van der Waals surface area contributed by atoms with Crippen molar-refractivity contribution in [1.82, 2.24) is 25.1 Å². The van der Waals surface area contributed by atoms with Gasteiger partial charge >= 0.3 is 0 Å². The minimum absolute atomic E-state index is 0.852. The van der Waals surface area contributed by atoms with Gasteiger partial charge in [-0.1, -0.05) is 0 Å². The number of thiazole rings is 1. The first kappa shape index (κ1) is 8.76. The molecule has 5 nitrogen and oxygen atoms in total. The molecule has 1 N–H and O–H groups in total. The van der Waals surface area contributed by atoms with Crippen LogP contribution in [0.5, 0.6) is 0 Å². The third kappa shape index (κ3) is 2.11. The Balaban J connectivity index is 0.000000128. The molecule has 0 saturated heterocycles. The maximum Gasteiger partial charge on any atom is 0.116 e. The van der Waals surface area contributed by atoms with E-state index < -0.39 is 0 Å². The summed E-state index contributed by atoms with van der Waals surface area (Å²) in [5, 5.41) is 8.45. The van der Waals surface area contributed by atoms with Gasteiger partial charge in [-0.3, -0.25) is 10.1 Å². The van der Waals surface area contributed by atoms with Crippen molar-refractivity contribution >= 4 is 22.4 Å². The molecule has 0 spiro atoms. The van der Waals surface area contributed by atoms with Crippen molar-refractivity contribution in [3.8, 4) is 0 Å². The fourth-order valence-electron chi connectivity index (χ4n) is 0.867. The second-order valence-corrected chi connectivity index (χ2v) is 3.12. The smallest absolute Gasteiger partial charge is 0.116 e. The molecule has 70 valence electrons. The summed E-state index contributed by atoms with van der Waals surface area (Å²) in [6.45, 7) is 0. The summed E-state index contributed by atoms with van der Waals surface area (Å²) in [6.07, 6.45) is 6.62. The van der Waals surface area contributed by atoms with E-state index in [1.54, 1.807) is 35.4 Å². The molecule has 3 heterocycles. The molecule has 0 unspecified atom stereocenters. The second kappa shape index (κ2) is 4.43. The molecule has 6 heteroatoms. The monoisotopic (exact) mass is 205 g/mol. The maximum atomic E-state index is 3.94. The van der Waals surface area contributed by atoms with E-state index in [0.717, 1.165) is 11.0 Å². The molecule has 0 aliphatic rings. The summed E-state index contributed by atoms with van der Waals surface area (Å²) < 4.78 is 0. The number of rotatable bonds is 0. The van der Waals surface area contributed by atoms with Crippen molar-refractivity contribution in [1.29, 1.82) is 0 Å². The van der Waals surface area contributed by atoms with E-state index in [1.807, 2.05) is 5.38 Å². The average Bonchev–Trinajstić information content (AvgIpc) is 2.92. The van der Waals surface area contributed by atoms with Gasteiger partial charge in [-0.25, -0.2) is 9.97 Å². The van der Waals surface area contributed by atoms with Crippen molar-refractivity contribution in [3.05, 3.63) is 35.8 Å². The van der Waals surface area contributed by atoms with Crippen LogP contribution >= 0.6 is 11.3 Å². The van der Waals surface area contributed by atoms with Gasteiger partial charge in [-0.05, 0) is 0 Å². The summed E-state index contributed by atoms with van der Waals surface area (Å²) in [4.78, 5) is 11.5. The summed E-state index contributed by atoms with van der Waals surface area (Å²) in [7, 11) is 0. The molecule has 0 aliphatic carbocycles. The highest BCUT2D eigenvalue weighted by Gasteiger charge is 1.90. The zero-order valence-corrected chi connectivity index (χ0v) is 7.98. The average molecular weight is 205 g/mol. The first-order valence-corrected chi connectivity index (χ1v) is 4.82. The molecule has 0 amide bonds. The summed E-state index contributed by atoms with van der Waals surface area (Å²) in [6, 6.07) is 0. The molecule has 14 heavy (non-hydrogen) atoms. The number of nitrogens with zero attached hydrogens (tertiary/aromatic N) is 4. The van der Waals surface area contributed by atoms with E-state index in [4.69, 9.17) is 0 Å². The highest BCUT2D eigenvalue weighted by atomic mass is 32.1. The summed E-state index contributed by atoms with van der Waals surface area (Å²) in [5.41, 5.74) is 3.52. The van der Waals surface area contributed by atoms with Gasteiger partial charge < -0.3 is 0 Å². The predicted octanol–water partition coefficient (Wildman–Crippen LogP) is 1.50. The number of aromatic amines is 1.